The summed E-state index contributed by atoms with van der Waals surface area (Å²) in [5.41, 5.74) is -0.741. The third kappa shape index (κ3) is 4.67. The molecule has 3 aromatic rings. The van der Waals surface area contributed by atoms with Crippen LogP contribution in [0, 0.1) is 5.92 Å². The van der Waals surface area contributed by atoms with Gasteiger partial charge in [0.25, 0.3) is 0 Å². The Morgan fingerprint density at radius 1 is 0.784 bits per heavy atom. The van der Waals surface area contributed by atoms with Gasteiger partial charge in [-0.15, -0.1) is 0 Å². The summed E-state index contributed by atoms with van der Waals surface area (Å²) in [6.07, 6.45) is 7.97. The number of aliphatic hydroxyl groups is 2. The van der Waals surface area contributed by atoms with Crippen LogP contribution < -0.4 is 4.74 Å². The predicted molar refractivity (Wildman–Crippen MR) is 142 cm³/mol. The molecule has 5 heteroatoms. The van der Waals surface area contributed by atoms with E-state index in [1.54, 1.807) is 24.3 Å². The van der Waals surface area contributed by atoms with E-state index < -0.39 is 23.1 Å². The van der Waals surface area contributed by atoms with Crippen LogP contribution in [0.1, 0.15) is 80.5 Å². The number of para-hydroxylation sites is 1. The Kier molecular flexibility index (Phi) is 7.36. The molecule has 0 spiro atoms. The molecule has 3 unspecified atom stereocenters. The maximum atomic E-state index is 13.3. The SMILES string of the molecule is CCCCCCCCCOC(=O)C1CC2(O)c3ccccc3C1(O)c1ccc(Oc3ccccc3)cc12. The van der Waals surface area contributed by atoms with Gasteiger partial charge in [-0.25, -0.2) is 0 Å². The van der Waals surface area contributed by atoms with Gasteiger partial charge in [0.2, 0.25) is 0 Å². The van der Waals surface area contributed by atoms with E-state index in [0.717, 1.165) is 19.3 Å². The highest BCUT2D eigenvalue weighted by Crippen LogP contribution is 2.60. The van der Waals surface area contributed by atoms with Crippen molar-refractivity contribution in [2.75, 3.05) is 6.61 Å². The van der Waals surface area contributed by atoms with Crippen molar-refractivity contribution < 1.29 is 24.5 Å². The summed E-state index contributed by atoms with van der Waals surface area (Å²) < 4.78 is 11.7. The van der Waals surface area contributed by atoms with Crippen molar-refractivity contribution in [1.82, 2.24) is 0 Å². The summed E-state index contributed by atoms with van der Waals surface area (Å²) in [6.45, 7) is 2.53. The number of unbranched alkanes of at least 4 members (excludes halogenated alkanes) is 6. The van der Waals surface area contributed by atoms with Gasteiger partial charge in [-0.1, -0.05) is 94.0 Å². The zero-order valence-electron chi connectivity index (χ0n) is 21.5. The van der Waals surface area contributed by atoms with E-state index in [0.29, 0.717) is 40.4 Å². The lowest BCUT2D eigenvalue weighted by Gasteiger charge is -2.53. The Morgan fingerprint density at radius 3 is 2.19 bits per heavy atom. The third-order valence-corrected chi connectivity index (χ3v) is 7.89. The fraction of sp³-hybridized carbons (Fsp3) is 0.406. The molecule has 0 amide bonds. The zero-order chi connectivity index (χ0) is 25.9. The van der Waals surface area contributed by atoms with Gasteiger partial charge in [0.15, 0.2) is 0 Å². The number of fused-ring (bicyclic) bond motifs is 1. The number of rotatable bonds is 11. The third-order valence-electron chi connectivity index (χ3n) is 7.89. The number of carbonyl (C=O) groups is 1. The van der Waals surface area contributed by atoms with E-state index >= 15 is 0 Å². The minimum Gasteiger partial charge on any atom is -0.465 e. The fourth-order valence-electron chi connectivity index (χ4n) is 5.98. The van der Waals surface area contributed by atoms with Crippen molar-refractivity contribution in [2.45, 2.75) is 69.5 Å². The molecular weight excluding hydrogens is 464 g/mol. The maximum absolute atomic E-state index is 13.3. The van der Waals surface area contributed by atoms with E-state index in [2.05, 4.69) is 6.92 Å². The van der Waals surface area contributed by atoms with Crippen molar-refractivity contribution in [3.05, 3.63) is 95.1 Å². The van der Waals surface area contributed by atoms with Gasteiger partial charge in [0.05, 0.1) is 12.5 Å². The smallest absolute Gasteiger partial charge is 0.312 e. The maximum Gasteiger partial charge on any atom is 0.312 e. The molecule has 0 radical (unpaired) electrons. The van der Waals surface area contributed by atoms with Crippen LogP contribution in [0.2, 0.25) is 0 Å². The van der Waals surface area contributed by atoms with Gasteiger partial charge in [-0.3, -0.25) is 4.79 Å². The van der Waals surface area contributed by atoms with Gasteiger partial charge in [-0.05, 0) is 52.9 Å². The minimum atomic E-state index is -1.58. The molecule has 3 aliphatic carbocycles. The number of esters is 1. The van der Waals surface area contributed by atoms with Crippen LogP contribution in [-0.4, -0.2) is 22.8 Å². The van der Waals surface area contributed by atoms with E-state index in [-0.39, 0.29) is 6.42 Å². The lowest BCUT2D eigenvalue weighted by molar-refractivity contribution is -0.167. The molecule has 3 aromatic carbocycles. The molecule has 0 aliphatic heterocycles. The Labute approximate surface area is 219 Å². The van der Waals surface area contributed by atoms with Crippen LogP contribution in [0.25, 0.3) is 0 Å². The average Bonchev–Trinajstić information content (AvgIpc) is 2.92. The van der Waals surface area contributed by atoms with E-state index in [9.17, 15) is 15.0 Å². The summed E-state index contributed by atoms with van der Waals surface area (Å²) in [5.74, 6) is -0.117. The zero-order valence-corrected chi connectivity index (χ0v) is 21.5. The van der Waals surface area contributed by atoms with Gasteiger partial charge in [0.1, 0.15) is 22.7 Å². The first-order valence-corrected chi connectivity index (χ1v) is 13.6. The van der Waals surface area contributed by atoms with Crippen LogP contribution in [0.5, 0.6) is 11.5 Å². The van der Waals surface area contributed by atoms with Crippen LogP contribution in [0.4, 0.5) is 0 Å². The van der Waals surface area contributed by atoms with Crippen LogP contribution >= 0.6 is 0 Å². The normalized spacial score (nSPS) is 23.3. The molecule has 3 aliphatic rings. The van der Waals surface area contributed by atoms with E-state index in [1.807, 2.05) is 48.5 Å². The standard InChI is InChI=1S/C32H36O5/c1-2-3-4-5-6-7-13-20-36-30(33)29-22-31(34)25-16-11-12-17-26(25)32(29,35)27-19-18-24(21-28(27)31)37-23-14-9-8-10-15-23/h8-12,14-19,21,29,34-35H,2-7,13,20,22H2,1H3. The van der Waals surface area contributed by atoms with Crippen molar-refractivity contribution >= 4 is 5.97 Å². The molecule has 3 atom stereocenters. The van der Waals surface area contributed by atoms with Crippen LogP contribution in [-0.2, 0) is 20.7 Å². The highest BCUT2D eigenvalue weighted by Gasteiger charge is 2.62. The fourth-order valence-corrected chi connectivity index (χ4v) is 5.98. The second-order valence-electron chi connectivity index (χ2n) is 10.3. The Hall–Kier alpha value is -3.15. The highest BCUT2D eigenvalue weighted by molar-refractivity contribution is 5.79. The molecule has 6 rings (SSSR count). The summed E-state index contributed by atoms with van der Waals surface area (Å²) in [6, 6.07) is 22.1. The first-order chi connectivity index (χ1) is 18.0. The quantitative estimate of drug-likeness (QED) is 0.230. The van der Waals surface area contributed by atoms with Crippen LogP contribution in [0.15, 0.2) is 72.8 Å². The molecule has 0 saturated carbocycles. The monoisotopic (exact) mass is 500 g/mol. The van der Waals surface area contributed by atoms with Gasteiger partial charge in [0, 0.05) is 6.42 Å². The van der Waals surface area contributed by atoms with Gasteiger partial charge in [-0.2, -0.15) is 0 Å². The molecule has 5 nitrogen and oxygen atoms in total. The predicted octanol–water partition coefficient (Wildman–Crippen LogP) is 6.58. The molecule has 0 aromatic heterocycles. The number of carbonyl (C=O) groups excluding carboxylic acids is 1. The van der Waals surface area contributed by atoms with Crippen LogP contribution in [0.3, 0.4) is 0 Å². The lowest BCUT2D eigenvalue weighted by Crippen LogP contribution is -2.57. The summed E-state index contributed by atoms with van der Waals surface area (Å²) >= 11 is 0. The molecule has 0 fully saturated rings. The van der Waals surface area contributed by atoms with Crippen molar-refractivity contribution in [3.8, 4) is 11.5 Å². The average molecular weight is 501 g/mol. The second-order valence-corrected chi connectivity index (χ2v) is 10.3. The largest absolute Gasteiger partial charge is 0.465 e. The summed E-state index contributed by atoms with van der Waals surface area (Å²) in [5, 5.41) is 24.3. The first kappa shape index (κ1) is 25.5. The van der Waals surface area contributed by atoms with Gasteiger partial charge >= 0.3 is 5.97 Å². The van der Waals surface area contributed by atoms with Crippen molar-refractivity contribution in [3.63, 3.8) is 0 Å². The molecule has 0 saturated heterocycles. The minimum absolute atomic E-state index is 0.0537. The topological polar surface area (TPSA) is 76.0 Å². The molecule has 194 valence electrons. The number of ether oxygens (including phenoxy) is 2. The molecule has 2 N–H and O–H groups in total. The Morgan fingerprint density at radius 2 is 1.43 bits per heavy atom. The summed E-state index contributed by atoms with van der Waals surface area (Å²) in [7, 11) is 0. The molecular formula is C32H36O5. The molecule has 37 heavy (non-hydrogen) atoms. The second kappa shape index (κ2) is 10.7. The van der Waals surface area contributed by atoms with Crippen molar-refractivity contribution in [1.29, 1.82) is 0 Å². The number of hydrogen-bond donors (Lipinski definition) is 2. The molecule has 2 bridgehead atoms. The number of hydrogen-bond acceptors (Lipinski definition) is 5. The van der Waals surface area contributed by atoms with E-state index in [1.165, 1.54) is 25.7 Å². The van der Waals surface area contributed by atoms with Crippen molar-refractivity contribution in [2.24, 2.45) is 5.92 Å². The highest BCUT2D eigenvalue weighted by atomic mass is 16.5. The lowest BCUT2D eigenvalue weighted by atomic mass is 9.54. The Balaban J connectivity index is 1.38. The number of benzene rings is 3. The molecule has 0 heterocycles. The Bertz CT molecular complexity index is 1240. The first-order valence-electron chi connectivity index (χ1n) is 13.6. The van der Waals surface area contributed by atoms with E-state index in [4.69, 9.17) is 9.47 Å². The summed E-state index contributed by atoms with van der Waals surface area (Å²) in [4.78, 5) is 13.3. The van der Waals surface area contributed by atoms with Gasteiger partial charge < -0.3 is 19.7 Å².